The number of aliphatic hydroxyl groups is 2. The summed E-state index contributed by atoms with van der Waals surface area (Å²) in [5.74, 6) is 1.45. The first-order chi connectivity index (χ1) is 10.1. The largest absolute Gasteiger partial charge is 0.393 e. The Balaban J connectivity index is 1.72. The van der Waals surface area contributed by atoms with Gasteiger partial charge in [-0.15, -0.1) is 0 Å². The van der Waals surface area contributed by atoms with E-state index in [-0.39, 0.29) is 18.2 Å². The molecule has 0 spiro atoms. The first-order valence-electron chi connectivity index (χ1n) is 9.24. The molecule has 2 rings (SSSR count). The Bertz CT molecular complexity index is 297. The summed E-state index contributed by atoms with van der Waals surface area (Å²) in [6, 6.07) is 0.891. The third kappa shape index (κ3) is 4.94. The highest BCUT2D eigenvalue weighted by Gasteiger charge is 2.39. The van der Waals surface area contributed by atoms with E-state index in [0.717, 1.165) is 38.0 Å². The fraction of sp³-hybridized carbons (Fsp3) is 1.00. The Kier molecular flexibility index (Phi) is 6.97. The molecule has 1 heterocycles. The van der Waals surface area contributed by atoms with Crippen LogP contribution in [0.4, 0.5) is 0 Å². The highest BCUT2D eigenvalue weighted by atomic mass is 16.3. The molecule has 3 N–H and O–H groups in total. The van der Waals surface area contributed by atoms with E-state index in [9.17, 15) is 10.2 Å². The van der Waals surface area contributed by atoms with Crippen LogP contribution in [0.2, 0.25) is 0 Å². The van der Waals surface area contributed by atoms with Gasteiger partial charge in [-0.25, -0.2) is 0 Å². The van der Waals surface area contributed by atoms with Crippen LogP contribution in [0.5, 0.6) is 0 Å². The number of nitrogens with one attached hydrogen (secondary N) is 1. The van der Waals surface area contributed by atoms with Gasteiger partial charge in [0, 0.05) is 12.1 Å². The zero-order chi connectivity index (χ0) is 15.2. The minimum atomic E-state index is -0.168. The molecule has 1 saturated carbocycles. The molecule has 0 radical (unpaired) electrons. The highest BCUT2D eigenvalue weighted by Crippen LogP contribution is 2.39. The second-order valence-electron chi connectivity index (χ2n) is 7.45. The van der Waals surface area contributed by atoms with E-state index in [1.54, 1.807) is 0 Å². The van der Waals surface area contributed by atoms with Gasteiger partial charge >= 0.3 is 0 Å². The molecule has 21 heavy (non-hydrogen) atoms. The summed E-state index contributed by atoms with van der Waals surface area (Å²) in [5, 5.41) is 23.6. The highest BCUT2D eigenvalue weighted by molar-refractivity contribution is 4.95. The molecular formula is C18H35NO2. The maximum Gasteiger partial charge on any atom is 0.0693 e. The molecule has 0 bridgehead atoms. The molecule has 6 atom stereocenters. The molecule has 2 aliphatic rings. The maximum atomic E-state index is 10.1. The lowest BCUT2D eigenvalue weighted by atomic mass is 9.68. The van der Waals surface area contributed by atoms with E-state index in [1.165, 1.54) is 32.1 Å². The summed E-state index contributed by atoms with van der Waals surface area (Å²) in [6.45, 7) is 4.24. The number of unbranched alkanes of at least 4 members (excludes halogenated alkanes) is 1. The molecule has 0 amide bonds. The van der Waals surface area contributed by atoms with Crippen molar-refractivity contribution in [2.24, 2.45) is 11.8 Å². The Labute approximate surface area is 130 Å². The molecule has 3 nitrogen and oxygen atoms in total. The summed E-state index contributed by atoms with van der Waals surface area (Å²) >= 11 is 0. The summed E-state index contributed by atoms with van der Waals surface area (Å²) in [6.07, 6.45) is 11.3. The fourth-order valence-corrected chi connectivity index (χ4v) is 4.47. The van der Waals surface area contributed by atoms with Crippen LogP contribution in [0, 0.1) is 11.8 Å². The van der Waals surface area contributed by atoms with Crippen molar-refractivity contribution < 1.29 is 10.2 Å². The van der Waals surface area contributed by atoms with Crippen LogP contribution in [0.1, 0.15) is 78.1 Å². The summed E-state index contributed by atoms with van der Waals surface area (Å²) < 4.78 is 0. The third-order valence-corrected chi connectivity index (χ3v) is 5.76. The van der Waals surface area contributed by atoms with Crippen LogP contribution < -0.4 is 5.32 Å². The minimum absolute atomic E-state index is 0.0897. The van der Waals surface area contributed by atoms with Crippen molar-refractivity contribution in [2.75, 3.05) is 0 Å². The maximum absolute atomic E-state index is 10.1. The molecule has 1 unspecified atom stereocenters. The van der Waals surface area contributed by atoms with Crippen LogP contribution in [-0.4, -0.2) is 34.5 Å². The van der Waals surface area contributed by atoms with E-state index in [1.807, 2.05) is 0 Å². The molecule has 1 saturated heterocycles. The number of piperidine rings is 1. The zero-order valence-corrected chi connectivity index (χ0v) is 13.9. The molecule has 124 valence electrons. The Morgan fingerprint density at radius 1 is 1.19 bits per heavy atom. The lowest BCUT2D eigenvalue weighted by Crippen LogP contribution is -2.56. The van der Waals surface area contributed by atoms with Crippen LogP contribution in [0.25, 0.3) is 0 Å². The van der Waals surface area contributed by atoms with Gasteiger partial charge in [0.1, 0.15) is 0 Å². The van der Waals surface area contributed by atoms with E-state index < -0.39 is 0 Å². The topological polar surface area (TPSA) is 52.5 Å². The summed E-state index contributed by atoms with van der Waals surface area (Å²) in [7, 11) is 0. The van der Waals surface area contributed by atoms with Gasteiger partial charge in [0.25, 0.3) is 0 Å². The third-order valence-electron chi connectivity index (χ3n) is 5.76. The van der Waals surface area contributed by atoms with Gasteiger partial charge in [0.05, 0.1) is 12.2 Å². The van der Waals surface area contributed by atoms with Gasteiger partial charge in [-0.05, 0) is 44.4 Å². The number of hydrogen-bond acceptors (Lipinski definition) is 3. The Hall–Kier alpha value is -0.120. The SMILES string of the molecule is CCCC(O)CCCC[C@@H]1CCC[C@@H]2N[C@H](C)[C@@H](O)C[C@H]12. The van der Waals surface area contributed by atoms with Gasteiger partial charge in [-0.2, -0.15) is 0 Å². The first-order valence-corrected chi connectivity index (χ1v) is 9.24. The number of rotatable bonds is 7. The smallest absolute Gasteiger partial charge is 0.0693 e. The molecule has 3 heteroatoms. The second-order valence-corrected chi connectivity index (χ2v) is 7.45. The zero-order valence-electron chi connectivity index (χ0n) is 13.9. The van der Waals surface area contributed by atoms with E-state index in [0.29, 0.717) is 12.0 Å². The normalized spacial score (nSPS) is 38.0. The molecule has 1 aliphatic carbocycles. The van der Waals surface area contributed by atoms with Crippen molar-refractivity contribution in [3.8, 4) is 0 Å². The molecule has 0 aromatic carbocycles. The Morgan fingerprint density at radius 3 is 2.76 bits per heavy atom. The molecular weight excluding hydrogens is 262 g/mol. The van der Waals surface area contributed by atoms with Gasteiger partial charge in [-0.3, -0.25) is 0 Å². The molecule has 0 aromatic rings. The predicted octanol–water partition coefficient (Wildman–Crippen LogP) is 3.24. The van der Waals surface area contributed by atoms with E-state index in [4.69, 9.17) is 0 Å². The van der Waals surface area contributed by atoms with Gasteiger partial charge in [0.15, 0.2) is 0 Å². The Morgan fingerprint density at radius 2 is 2.00 bits per heavy atom. The lowest BCUT2D eigenvalue weighted by Gasteiger charge is -2.46. The second kappa shape index (κ2) is 8.50. The minimum Gasteiger partial charge on any atom is -0.393 e. The van der Waals surface area contributed by atoms with Crippen LogP contribution in [0.3, 0.4) is 0 Å². The van der Waals surface area contributed by atoms with Gasteiger partial charge in [0.2, 0.25) is 0 Å². The summed E-state index contributed by atoms with van der Waals surface area (Å²) in [4.78, 5) is 0. The van der Waals surface area contributed by atoms with Crippen molar-refractivity contribution in [3.63, 3.8) is 0 Å². The molecule has 1 aliphatic heterocycles. The fourth-order valence-electron chi connectivity index (χ4n) is 4.47. The van der Waals surface area contributed by atoms with Gasteiger partial charge in [-0.1, -0.05) is 45.4 Å². The lowest BCUT2D eigenvalue weighted by molar-refractivity contribution is 0.0123. The van der Waals surface area contributed by atoms with Crippen molar-refractivity contribution in [3.05, 3.63) is 0 Å². The number of aliphatic hydroxyl groups excluding tert-OH is 2. The van der Waals surface area contributed by atoms with Crippen LogP contribution >= 0.6 is 0 Å². The van der Waals surface area contributed by atoms with Crippen LogP contribution in [0.15, 0.2) is 0 Å². The quantitative estimate of drug-likeness (QED) is 0.632. The molecule has 0 aromatic heterocycles. The van der Waals surface area contributed by atoms with Crippen molar-refractivity contribution >= 4 is 0 Å². The standard InChI is InChI=1S/C18H35NO2/c1-3-7-15(20)10-5-4-8-14-9-6-11-17-16(14)12-18(21)13(2)19-17/h13-21H,3-12H2,1-2H3/t13-,14-,15?,16-,17+,18+/m1/s1. The van der Waals surface area contributed by atoms with E-state index >= 15 is 0 Å². The average molecular weight is 297 g/mol. The van der Waals surface area contributed by atoms with E-state index in [2.05, 4.69) is 19.2 Å². The van der Waals surface area contributed by atoms with Crippen molar-refractivity contribution in [2.45, 2.75) is 102 Å². The van der Waals surface area contributed by atoms with Crippen molar-refractivity contribution in [1.29, 1.82) is 0 Å². The number of hydrogen-bond donors (Lipinski definition) is 3. The predicted molar refractivity (Wildman–Crippen MR) is 87.2 cm³/mol. The first kappa shape index (κ1) is 17.2. The average Bonchev–Trinajstić information content (AvgIpc) is 2.45. The van der Waals surface area contributed by atoms with Crippen LogP contribution in [-0.2, 0) is 0 Å². The summed E-state index contributed by atoms with van der Waals surface area (Å²) in [5.41, 5.74) is 0. The number of fused-ring (bicyclic) bond motifs is 1. The van der Waals surface area contributed by atoms with Gasteiger partial charge < -0.3 is 15.5 Å². The van der Waals surface area contributed by atoms with Crippen molar-refractivity contribution in [1.82, 2.24) is 5.32 Å². The monoisotopic (exact) mass is 297 g/mol. The molecule has 2 fully saturated rings.